The van der Waals surface area contributed by atoms with E-state index in [0.29, 0.717) is 5.75 Å². The minimum Gasteiger partial charge on any atom is -0.508 e. The van der Waals surface area contributed by atoms with E-state index in [-0.39, 0.29) is 0 Å². The third-order valence-electron chi connectivity index (χ3n) is 1.12. The Bertz CT molecular complexity index is 231. The molecule has 0 bridgehead atoms. The number of benzene rings is 1. The summed E-state index contributed by atoms with van der Waals surface area (Å²) in [6.45, 7) is 1.87. The molecule has 2 N–H and O–H groups in total. The SMILES string of the molecule is Cc1ccccc1O.N=C=O. The Labute approximate surface area is 64.8 Å². The summed E-state index contributed by atoms with van der Waals surface area (Å²) in [6, 6.07) is 7.25. The third-order valence-corrected chi connectivity index (χ3v) is 1.12. The molecule has 3 nitrogen and oxygen atoms in total. The predicted octanol–water partition coefficient (Wildman–Crippen LogP) is 1.60. The Morgan fingerprint density at radius 3 is 2.18 bits per heavy atom. The summed E-state index contributed by atoms with van der Waals surface area (Å²) >= 11 is 0. The number of rotatable bonds is 0. The number of aromatic hydroxyl groups is 1. The molecule has 0 unspecified atom stereocenters. The maximum absolute atomic E-state index is 8.92. The van der Waals surface area contributed by atoms with Gasteiger partial charge in [-0.3, -0.25) is 0 Å². The van der Waals surface area contributed by atoms with Crippen molar-refractivity contribution in [2.45, 2.75) is 6.92 Å². The lowest BCUT2D eigenvalue weighted by Crippen LogP contribution is -1.68. The molecule has 0 aliphatic carbocycles. The highest BCUT2D eigenvalue weighted by Gasteiger charge is 1.86. The fraction of sp³-hybridized carbons (Fsp3) is 0.125. The molecule has 0 aromatic heterocycles. The summed E-state index contributed by atoms with van der Waals surface area (Å²) in [5.74, 6) is 0.368. The Balaban J connectivity index is 0.000000292. The zero-order chi connectivity index (χ0) is 8.69. The number of phenolic OH excluding ortho intramolecular Hbond substituents is 1. The number of aryl methyl sites for hydroxylation is 1. The summed E-state index contributed by atoms with van der Waals surface area (Å²) in [5.41, 5.74) is 0.924. The van der Waals surface area contributed by atoms with Gasteiger partial charge in [0, 0.05) is 0 Å². The molecule has 11 heavy (non-hydrogen) atoms. The molecule has 1 aromatic rings. The van der Waals surface area contributed by atoms with Gasteiger partial charge in [0.05, 0.1) is 0 Å². The molecule has 1 aromatic carbocycles. The van der Waals surface area contributed by atoms with Crippen LogP contribution in [-0.2, 0) is 4.79 Å². The second-order valence-electron chi connectivity index (χ2n) is 1.89. The molecular formula is C8H9NO2. The van der Waals surface area contributed by atoms with Gasteiger partial charge in [0.15, 0.2) is 0 Å². The van der Waals surface area contributed by atoms with Crippen LogP contribution >= 0.6 is 0 Å². The van der Waals surface area contributed by atoms with Gasteiger partial charge in [-0.05, 0) is 18.6 Å². The summed E-state index contributed by atoms with van der Waals surface area (Å²) in [7, 11) is 0. The molecule has 0 atom stereocenters. The van der Waals surface area contributed by atoms with E-state index < -0.39 is 0 Å². The molecule has 0 saturated carbocycles. The van der Waals surface area contributed by atoms with Crippen LogP contribution in [0.3, 0.4) is 0 Å². The Kier molecular flexibility index (Phi) is 4.45. The van der Waals surface area contributed by atoms with Gasteiger partial charge >= 0.3 is 0 Å². The van der Waals surface area contributed by atoms with E-state index in [1.807, 2.05) is 25.1 Å². The highest BCUT2D eigenvalue weighted by atomic mass is 16.3. The number of isocyanates is 1. The Morgan fingerprint density at radius 1 is 1.45 bits per heavy atom. The molecule has 0 spiro atoms. The predicted molar refractivity (Wildman–Crippen MR) is 41.3 cm³/mol. The van der Waals surface area contributed by atoms with Crippen LogP contribution in [0.15, 0.2) is 24.3 Å². The van der Waals surface area contributed by atoms with Crippen molar-refractivity contribution >= 4 is 6.08 Å². The van der Waals surface area contributed by atoms with Crippen molar-refractivity contribution in [1.29, 1.82) is 5.41 Å². The molecule has 0 radical (unpaired) electrons. The molecule has 0 aliphatic heterocycles. The van der Waals surface area contributed by atoms with E-state index in [1.165, 1.54) is 0 Å². The van der Waals surface area contributed by atoms with Crippen LogP contribution in [0.5, 0.6) is 5.75 Å². The zero-order valence-electron chi connectivity index (χ0n) is 6.16. The van der Waals surface area contributed by atoms with E-state index >= 15 is 0 Å². The molecule has 1 rings (SSSR count). The minimum atomic E-state index is 0.368. The van der Waals surface area contributed by atoms with E-state index in [4.69, 9.17) is 15.3 Å². The second-order valence-corrected chi connectivity index (χ2v) is 1.89. The minimum absolute atomic E-state index is 0.368. The number of phenols is 1. The average molecular weight is 151 g/mol. The Morgan fingerprint density at radius 2 is 1.91 bits per heavy atom. The van der Waals surface area contributed by atoms with Gasteiger partial charge in [0.2, 0.25) is 6.08 Å². The van der Waals surface area contributed by atoms with Gasteiger partial charge in [-0.1, -0.05) is 18.2 Å². The monoisotopic (exact) mass is 151 g/mol. The number of para-hydroxylation sites is 1. The molecular weight excluding hydrogens is 142 g/mol. The van der Waals surface area contributed by atoms with Crippen molar-refractivity contribution in [3.8, 4) is 5.75 Å². The second kappa shape index (κ2) is 5.21. The van der Waals surface area contributed by atoms with Crippen molar-refractivity contribution in [2.24, 2.45) is 0 Å². The fourth-order valence-corrected chi connectivity index (χ4v) is 0.563. The highest BCUT2D eigenvalue weighted by molar-refractivity contribution is 5.29. The molecule has 3 heteroatoms. The van der Waals surface area contributed by atoms with Crippen LogP contribution < -0.4 is 0 Å². The third kappa shape index (κ3) is 3.89. The van der Waals surface area contributed by atoms with Gasteiger partial charge in [-0.2, -0.15) is 0 Å². The van der Waals surface area contributed by atoms with Gasteiger partial charge in [0.25, 0.3) is 0 Å². The van der Waals surface area contributed by atoms with Gasteiger partial charge < -0.3 is 5.11 Å². The van der Waals surface area contributed by atoms with Gasteiger partial charge in [0.1, 0.15) is 5.75 Å². The summed E-state index contributed by atoms with van der Waals surface area (Å²) in [5, 5.41) is 14.3. The number of hydrogen-bond acceptors (Lipinski definition) is 3. The average Bonchev–Trinajstić information content (AvgIpc) is 1.97. The van der Waals surface area contributed by atoms with Gasteiger partial charge in [-0.15, -0.1) is 0 Å². The van der Waals surface area contributed by atoms with E-state index in [1.54, 1.807) is 6.07 Å². The largest absolute Gasteiger partial charge is 0.508 e. The van der Waals surface area contributed by atoms with Crippen LogP contribution in [0.2, 0.25) is 0 Å². The Hall–Kier alpha value is -1.60. The summed E-state index contributed by atoms with van der Waals surface area (Å²) in [6.07, 6.45) is 0.750. The van der Waals surface area contributed by atoms with Crippen molar-refractivity contribution in [3.63, 3.8) is 0 Å². The summed E-state index contributed by atoms with van der Waals surface area (Å²) in [4.78, 5) is 8.35. The maximum atomic E-state index is 8.92. The molecule has 0 aliphatic rings. The normalized spacial score (nSPS) is 7.36. The number of nitrogens with one attached hydrogen (secondary N) is 1. The summed E-state index contributed by atoms with van der Waals surface area (Å²) < 4.78 is 0. The molecule has 58 valence electrons. The quantitative estimate of drug-likeness (QED) is 0.437. The van der Waals surface area contributed by atoms with Crippen molar-refractivity contribution in [3.05, 3.63) is 29.8 Å². The van der Waals surface area contributed by atoms with Crippen molar-refractivity contribution < 1.29 is 9.90 Å². The van der Waals surface area contributed by atoms with E-state index in [2.05, 4.69) is 0 Å². The molecule has 0 fully saturated rings. The van der Waals surface area contributed by atoms with E-state index in [9.17, 15) is 0 Å². The van der Waals surface area contributed by atoms with Crippen LogP contribution in [0.25, 0.3) is 0 Å². The molecule has 0 saturated heterocycles. The topological polar surface area (TPSA) is 61.1 Å². The first-order valence-electron chi connectivity index (χ1n) is 3.01. The lowest BCUT2D eigenvalue weighted by atomic mass is 10.2. The van der Waals surface area contributed by atoms with Crippen molar-refractivity contribution in [2.75, 3.05) is 0 Å². The van der Waals surface area contributed by atoms with Crippen molar-refractivity contribution in [1.82, 2.24) is 0 Å². The van der Waals surface area contributed by atoms with Crippen LogP contribution in [0.1, 0.15) is 5.56 Å². The number of carbonyl (C=O) groups excluding carboxylic acids is 1. The van der Waals surface area contributed by atoms with Gasteiger partial charge in [-0.25, -0.2) is 10.2 Å². The lowest BCUT2D eigenvalue weighted by Gasteiger charge is -1.92. The first-order chi connectivity index (χ1) is 5.22. The standard InChI is InChI=1S/C7H8O.CHNO/c1-6-4-2-3-5-7(6)8;2-1-3/h2-5,8H,1H3;2H. The number of hydrogen-bond donors (Lipinski definition) is 2. The zero-order valence-corrected chi connectivity index (χ0v) is 6.16. The first kappa shape index (κ1) is 9.40. The van der Waals surface area contributed by atoms with Crippen LogP contribution in [0, 0.1) is 12.3 Å². The maximum Gasteiger partial charge on any atom is 0.231 e. The van der Waals surface area contributed by atoms with E-state index in [0.717, 1.165) is 11.6 Å². The van der Waals surface area contributed by atoms with Crippen LogP contribution in [-0.4, -0.2) is 11.2 Å². The van der Waals surface area contributed by atoms with Crippen LogP contribution in [0.4, 0.5) is 0 Å². The smallest absolute Gasteiger partial charge is 0.231 e. The molecule has 0 heterocycles. The lowest BCUT2D eigenvalue weighted by molar-refractivity contribution is 0.471. The molecule has 0 amide bonds. The first-order valence-corrected chi connectivity index (χ1v) is 3.01. The highest BCUT2D eigenvalue weighted by Crippen LogP contribution is 2.12. The fourth-order valence-electron chi connectivity index (χ4n) is 0.563.